The number of benzene rings is 1. The van der Waals surface area contributed by atoms with Crippen LogP contribution >= 0.6 is 0 Å². The van der Waals surface area contributed by atoms with Gasteiger partial charge in [0.15, 0.2) is 0 Å². The zero-order chi connectivity index (χ0) is 14.4. The summed E-state index contributed by atoms with van der Waals surface area (Å²) in [6.45, 7) is 11.7. The summed E-state index contributed by atoms with van der Waals surface area (Å²) in [5.41, 5.74) is 1.38. The smallest absolute Gasteiger partial charge is 0.118 e. The molecule has 3 heteroatoms. The Bertz CT molecular complexity index is 382. The highest BCUT2D eigenvalue weighted by molar-refractivity contribution is 5.27. The van der Waals surface area contributed by atoms with Gasteiger partial charge in [-0.1, -0.05) is 32.4 Å². The lowest BCUT2D eigenvalue weighted by Gasteiger charge is -2.35. The third-order valence-corrected chi connectivity index (χ3v) is 4.30. The van der Waals surface area contributed by atoms with E-state index in [9.17, 15) is 0 Å². The number of hydrogen-bond donors (Lipinski definition) is 0. The Morgan fingerprint density at radius 2 is 1.65 bits per heavy atom. The molecular weight excluding hydrogens is 248 g/mol. The second-order valence-electron chi connectivity index (χ2n) is 5.94. The molecule has 3 nitrogen and oxygen atoms in total. The predicted octanol–water partition coefficient (Wildman–Crippen LogP) is 2.86. The first kappa shape index (κ1) is 15.3. The van der Waals surface area contributed by atoms with Gasteiger partial charge in [-0.15, -0.1) is 0 Å². The van der Waals surface area contributed by atoms with E-state index in [4.69, 9.17) is 4.74 Å². The van der Waals surface area contributed by atoms with Gasteiger partial charge in [-0.3, -0.25) is 4.90 Å². The molecule has 1 aromatic carbocycles. The molecule has 1 atom stereocenters. The van der Waals surface area contributed by atoms with E-state index in [1.807, 2.05) is 0 Å². The number of nitrogens with zero attached hydrogens (tertiary/aromatic N) is 2. The van der Waals surface area contributed by atoms with E-state index in [0.717, 1.165) is 18.2 Å². The van der Waals surface area contributed by atoms with Gasteiger partial charge in [0.1, 0.15) is 5.75 Å². The number of hydrogen-bond acceptors (Lipinski definition) is 3. The Balaban J connectivity index is 1.76. The maximum Gasteiger partial charge on any atom is 0.118 e. The molecule has 0 N–H and O–H groups in total. The summed E-state index contributed by atoms with van der Waals surface area (Å²) < 4.78 is 5.20. The van der Waals surface area contributed by atoms with Gasteiger partial charge in [0.25, 0.3) is 0 Å². The number of ether oxygens (including phenoxy) is 1. The summed E-state index contributed by atoms with van der Waals surface area (Å²) in [7, 11) is 1.71. The van der Waals surface area contributed by atoms with Crippen molar-refractivity contribution in [3.63, 3.8) is 0 Å². The van der Waals surface area contributed by atoms with Crippen molar-refractivity contribution >= 4 is 0 Å². The monoisotopic (exact) mass is 276 g/mol. The van der Waals surface area contributed by atoms with Crippen LogP contribution in [0.15, 0.2) is 24.3 Å². The van der Waals surface area contributed by atoms with Crippen molar-refractivity contribution in [2.45, 2.75) is 26.8 Å². The summed E-state index contributed by atoms with van der Waals surface area (Å²) >= 11 is 0. The van der Waals surface area contributed by atoms with Crippen molar-refractivity contribution < 1.29 is 4.74 Å². The van der Waals surface area contributed by atoms with Crippen LogP contribution in [0.2, 0.25) is 0 Å². The molecule has 1 saturated heterocycles. The standard InChI is InChI=1S/C17H28N2O/c1-4-15(2)13-18-9-11-19(12-10-18)14-16-5-7-17(20-3)8-6-16/h5-8,15H,4,9-14H2,1-3H3/t15-/m0/s1. The second-order valence-corrected chi connectivity index (χ2v) is 5.94. The van der Waals surface area contributed by atoms with Gasteiger partial charge in [-0.05, 0) is 23.6 Å². The quantitative estimate of drug-likeness (QED) is 0.794. The van der Waals surface area contributed by atoms with Gasteiger partial charge in [-0.2, -0.15) is 0 Å². The first-order valence-corrected chi connectivity index (χ1v) is 7.79. The van der Waals surface area contributed by atoms with Crippen LogP contribution in [0, 0.1) is 5.92 Å². The van der Waals surface area contributed by atoms with E-state index in [-0.39, 0.29) is 0 Å². The number of piperazine rings is 1. The fourth-order valence-corrected chi connectivity index (χ4v) is 2.69. The molecule has 0 spiro atoms. The third kappa shape index (κ3) is 4.50. The van der Waals surface area contributed by atoms with Gasteiger partial charge in [0, 0.05) is 39.3 Å². The first-order valence-electron chi connectivity index (χ1n) is 7.79. The SMILES string of the molecule is CC[C@H](C)CN1CCN(Cc2ccc(OC)cc2)CC1. The van der Waals surface area contributed by atoms with Crippen LogP contribution in [0.25, 0.3) is 0 Å². The summed E-state index contributed by atoms with van der Waals surface area (Å²) in [4.78, 5) is 5.16. The van der Waals surface area contributed by atoms with Crippen molar-refractivity contribution in [1.82, 2.24) is 9.80 Å². The summed E-state index contributed by atoms with van der Waals surface area (Å²) in [5.74, 6) is 1.76. The minimum absolute atomic E-state index is 0.822. The lowest BCUT2D eigenvalue weighted by molar-refractivity contribution is 0.114. The lowest BCUT2D eigenvalue weighted by atomic mass is 10.1. The molecule has 1 aliphatic rings. The molecule has 112 valence electrons. The van der Waals surface area contributed by atoms with Crippen LogP contribution < -0.4 is 4.74 Å². The maximum atomic E-state index is 5.20. The highest BCUT2D eigenvalue weighted by Gasteiger charge is 2.17. The largest absolute Gasteiger partial charge is 0.497 e. The normalized spacial score (nSPS) is 18.9. The van der Waals surface area contributed by atoms with Gasteiger partial charge in [0.2, 0.25) is 0 Å². The molecule has 1 aromatic rings. The highest BCUT2D eigenvalue weighted by atomic mass is 16.5. The van der Waals surface area contributed by atoms with Crippen LogP contribution in [0.5, 0.6) is 5.75 Å². The van der Waals surface area contributed by atoms with Crippen molar-refractivity contribution in [1.29, 1.82) is 0 Å². The predicted molar refractivity (Wildman–Crippen MR) is 84.2 cm³/mol. The molecule has 1 aliphatic heterocycles. The van der Waals surface area contributed by atoms with Crippen LogP contribution in [0.1, 0.15) is 25.8 Å². The molecule has 0 aliphatic carbocycles. The lowest BCUT2D eigenvalue weighted by Crippen LogP contribution is -2.47. The molecule has 0 unspecified atom stereocenters. The fraction of sp³-hybridized carbons (Fsp3) is 0.647. The Hall–Kier alpha value is -1.06. The molecule has 20 heavy (non-hydrogen) atoms. The van der Waals surface area contributed by atoms with Gasteiger partial charge in [0.05, 0.1) is 7.11 Å². The van der Waals surface area contributed by atoms with Gasteiger partial charge < -0.3 is 9.64 Å². The van der Waals surface area contributed by atoms with Crippen LogP contribution in [0.3, 0.4) is 0 Å². The number of rotatable bonds is 6. The average molecular weight is 276 g/mol. The van der Waals surface area contributed by atoms with Crippen LogP contribution in [-0.4, -0.2) is 49.6 Å². The van der Waals surface area contributed by atoms with Gasteiger partial charge in [-0.25, -0.2) is 0 Å². The molecular formula is C17H28N2O. The second kappa shape index (κ2) is 7.65. The van der Waals surface area contributed by atoms with Crippen LogP contribution in [-0.2, 0) is 6.54 Å². The average Bonchev–Trinajstić information content (AvgIpc) is 2.50. The Morgan fingerprint density at radius 3 is 2.20 bits per heavy atom. The first-order chi connectivity index (χ1) is 9.71. The van der Waals surface area contributed by atoms with E-state index in [0.29, 0.717) is 0 Å². The summed E-state index contributed by atoms with van der Waals surface area (Å²) in [6.07, 6.45) is 1.28. The number of methoxy groups -OCH3 is 1. The Morgan fingerprint density at radius 1 is 1.05 bits per heavy atom. The molecule has 0 saturated carbocycles. The Labute approximate surface area is 123 Å². The molecule has 0 radical (unpaired) electrons. The minimum Gasteiger partial charge on any atom is -0.497 e. The molecule has 0 amide bonds. The van der Waals surface area contributed by atoms with Crippen molar-refractivity contribution in [2.75, 3.05) is 39.8 Å². The third-order valence-electron chi connectivity index (χ3n) is 4.30. The topological polar surface area (TPSA) is 15.7 Å². The maximum absolute atomic E-state index is 5.20. The van der Waals surface area contributed by atoms with E-state index in [1.54, 1.807) is 7.11 Å². The molecule has 0 aromatic heterocycles. The van der Waals surface area contributed by atoms with Gasteiger partial charge >= 0.3 is 0 Å². The molecule has 2 rings (SSSR count). The Kier molecular flexibility index (Phi) is 5.86. The fourth-order valence-electron chi connectivity index (χ4n) is 2.69. The van der Waals surface area contributed by atoms with E-state index in [2.05, 4.69) is 47.9 Å². The van der Waals surface area contributed by atoms with E-state index in [1.165, 1.54) is 44.7 Å². The molecule has 0 bridgehead atoms. The highest BCUT2D eigenvalue weighted by Crippen LogP contribution is 2.14. The van der Waals surface area contributed by atoms with E-state index < -0.39 is 0 Å². The molecule has 1 heterocycles. The summed E-state index contributed by atoms with van der Waals surface area (Å²) in [5, 5.41) is 0. The van der Waals surface area contributed by atoms with E-state index >= 15 is 0 Å². The zero-order valence-corrected chi connectivity index (χ0v) is 13.1. The van der Waals surface area contributed by atoms with Crippen molar-refractivity contribution in [3.8, 4) is 5.75 Å². The molecule has 1 fully saturated rings. The van der Waals surface area contributed by atoms with Crippen molar-refractivity contribution in [2.24, 2.45) is 5.92 Å². The van der Waals surface area contributed by atoms with Crippen LogP contribution in [0.4, 0.5) is 0 Å². The summed E-state index contributed by atoms with van der Waals surface area (Å²) in [6, 6.07) is 8.44. The minimum atomic E-state index is 0.822. The van der Waals surface area contributed by atoms with Crippen molar-refractivity contribution in [3.05, 3.63) is 29.8 Å². The zero-order valence-electron chi connectivity index (χ0n) is 13.1.